The highest BCUT2D eigenvalue weighted by Gasteiger charge is 2.03. The van der Waals surface area contributed by atoms with E-state index < -0.39 is 0 Å². The molecule has 68 valence electrons. The van der Waals surface area contributed by atoms with Gasteiger partial charge in [0, 0.05) is 15.4 Å². The topological polar surface area (TPSA) is 0 Å². The van der Waals surface area contributed by atoms with Crippen LogP contribution < -0.4 is 0 Å². The monoisotopic (exact) mass is 202 g/mol. The highest BCUT2D eigenvalue weighted by Crippen LogP contribution is 2.21. The Labute approximate surface area is 84.8 Å². The molecule has 0 unspecified atom stereocenters. The molecule has 0 aromatic carbocycles. The van der Waals surface area contributed by atoms with Gasteiger partial charge >= 0.3 is 0 Å². The molecule has 0 aliphatic rings. The van der Waals surface area contributed by atoms with Gasteiger partial charge in [0.05, 0.1) is 0 Å². The molecule has 0 heterocycles. The molecule has 0 nitrogen and oxygen atoms in total. The van der Waals surface area contributed by atoms with Crippen LogP contribution in [0.15, 0.2) is 9.94 Å². The molecule has 0 aliphatic heterocycles. The van der Waals surface area contributed by atoms with Crippen molar-refractivity contribution in [2.75, 3.05) is 0 Å². The minimum absolute atomic E-state index is 0.0769. The van der Waals surface area contributed by atoms with Crippen molar-refractivity contribution in [1.29, 1.82) is 0 Å². The van der Waals surface area contributed by atoms with Crippen LogP contribution in [0.4, 0.5) is 0 Å². The van der Waals surface area contributed by atoms with E-state index in [-0.39, 0.29) is 5.41 Å². The summed E-state index contributed by atoms with van der Waals surface area (Å²) in [7, 11) is 0. The summed E-state index contributed by atoms with van der Waals surface area (Å²) in [6.07, 6.45) is 0. The summed E-state index contributed by atoms with van der Waals surface area (Å²) in [6, 6.07) is 0. The van der Waals surface area contributed by atoms with Gasteiger partial charge in [-0.05, 0) is 51.6 Å². The molecule has 2 heteroatoms. The van der Waals surface area contributed by atoms with Crippen molar-refractivity contribution in [3.8, 4) is 11.2 Å². The molecular weight excluding hydrogens is 188 g/mol. The van der Waals surface area contributed by atoms with Crippen molar-refractivity contribution in [2.24, 2.45) is 5.41 Å². The first-order chi connectivity index (χ1) is 5.33. The third-order valence-corrected chi connectivity index (χ3v) is 2.33. The summed E-state index contributed by atoms with van der Waals surface area (Å²) in [5.74, 6) is 3.13. The molecule has 0 aliphatic carbocycles. The smallest absolute Gasteiger partial charge is 0.0251 e. The number of halogens is 1. The van der Waals surface area contributed by atoms with Crippen LogP contribution in [-0.2, 0) is 0 Å². The number of rotatable bonds is 1. The van der Waals surface area contributed by atoms with Gasteiger partial charge in [-0.15, -0.1) is 0 Å². The van der Waals surface area contributed by atoms with E-state index in [0.29, 0.717) is 0 Å². The van der Waals surface area contributed by atoms with Crippen molar-refractivity contribution < 1.29 is 0 Å². The highest BCUT2D eigenvalue weighted by molar-refractivity contribution is 8.07. The molecule has 0 aromatic heterocycles. The summed E-state index contributed by atoms with van der Waals surface area (Å²) in [5.41, 5.74) is 0.0769. The fourth-order valence-electron chi connectivity index (χ4n) is 0.325. The minimum Gasteiger partial charge on any atom is -0.0886 e. The molecular formula is C10H15ClS. The van der Waals surface area contributed by atoms with Crippen molar-refractivity contribution in [3.63, 3.8) is 0 Å². The van der Waals surface area contributed by atoms with Crippen molar-refractivity contribution >= 4 is 23.4 Å². The van der Waals surface area contributed by atoms with Gasteiger partial charge in [-0.1, -0.05) is 17.5 Å². The van der Waals surface area contributed by atoms with E-state index in [0.717, 1.165) is 9.94 Å². The maximum Gasteiger partial charge on any atom is 0.0251 e. The SMILES string of the molecule is C/C(Cl)=C(/C)SC#CC(C)(C)C. The molecule has 0 spiro atoms. The lowest BCUT2D eigenvalue weighted by Gasteiger charge is -2.06. The zero-order valence-electron chi connectivity index (χ0n) is 8.29. The Morgan fingerprint density at radius 1 is 1.25 bits per heavy atom. The summed E-state index contributed by atoms with van der Waals surface area (Å²) in [6.45, 7) is 10.1. The van der Waals surface area contributed by atoms with E-state index in [9.17, 15) is 0 Å². The number of hydrogen-bond donors (Lipinski definition) is 0. The molecule has 0 saturated heterocycles. The molecule has 0 N–H and O–H groups in total. The van der Waals surface area contributed by atoms with E-state index in [1.54, 1.807) is 0 Å². The largest absolute Gasteiger partial charge is 0.0886 e. The molecule has 0 aromatic rings. The second-order valence-electron chi connectivity index (χ2n) is 3.67. The quantitative estimate of drug-likeness (QED) is 0.574. The summed E-state index contributed by atoms with van der Waals surface area (Å²) in [4.78, 5) is 1.08. The number of allylic oxidation sites excluding steroid dienone is 2. The Morgan fingerprint density at radius 3 is 2.08 bits per heavy atom. The van der Waals surface area contributed by atoms with Crippen molar-refractivity contribution in [3.05, 3.63) is 9.94 Å². The predicted molar refractivity (Wildman–Crippen MR) is 59.0 cm³/mol. The third kappa shape index (κ3) is 6.64. The van der Waals surface area contributed by atoms with Gasteiger partial charge in [-0.2, -0.15) is 0 Å². The van der Waals surface area contributed by atoms with E-state index in [1.165, 1.54) is 11.8 Å². The van der Waals surface area contributed by atoms with Crippen LogP contribution >= 0.6 is 23.4 Å². The fourth-order valence-corrected chi connectivity index (χ4v) is 1.09. The van der Waals surface area contributed by atoms with E-state index in [2.05, 4.69) is 31.9 Å². The molecule has 0 bridgehead atoms. The Bertz CT molecular complexity index is 231. The van der Waals surface area contributed by atoms with Crippen LogP contribution in [0.25, 0.3) is 0 Å². The van der Waals surface area contributed by atoms with Gasteiger partial charge in [-0.25, -0.2) is 0 Å². The van der Waals surface area contributed by atoms with Crippen molar-refractivity contribution in [1.82, 2.24) is 0 Å². The minimum atomic E-state index is 0.0769. The van der Waals surface area contributed by atoms with Gasteiger partial charge in [-0.3, -0.25) is 0 Å². The fraction of sp³-hybridized carbons (Fsp3) is 0.600. The Kier molecular flexibility index (Phi) is 4.82. The standard InChI is InChI=1S/C10H15ClS/c1-8(11)9(2)12-7-6-10(3,4)5/h1-5H3/b9-8+. The van der Waals surface area contributed by atoms with E-state index in [4.69, 9.17) is 11.6 Å². The maximum atomic E-state index is 5.77. The van der Waals surface area contributed by atoms with Gasteiger partial charge in [0.1, 0.15) is 0 Å². The van der Waals surface area contributed by atoms with Crippen LogP contribution in [0.3, 0.4) is 0 Å². The predicted octanol–water partition coefficient (Wildman–Crippen LogP) is 4.22. The van der Waals surface area contributed by atoms with Crippen LogP contribution in [0.2, 0.25) is 0 Å². The molecule has 0 rings (SSSR count). The third-order valence-electron chi connectivity index (χ3n) is 1.12. The summed E-state index contributed by atoms with van der Waals surface area (Å²) in [5, 5.41) is 3.85. The lowest BCUT2D eigenvalue weighted by Crippen LogP contribution is -1.98. The Hall–Kier alpha value is -0.0600. The lowest BCUT2D eigenvalue weighted by molar-refractivity contribution is 0.571. The molecule has 0 radical (unpaired) electrons. The molecule has 0 atom stereocenters. The number of hydrogen-bond acceptors (Lipinski definition) is 1. The average molecular weight is 203 g/mol. The van der Waals surface area contributed by atoms with Crippen LogP contribution in [0.5, 0.6) is 0 Å². The first-order valence-electron chi connectivity index (χ1n) is 3.85. The normalized spacial score (nSPS) is 13.2. The van der Waals surface area contributed by atoms with Crippen LogP contribution in [0, 0.1) is 16.6 Å². The Morgan fingerprint density at radius 2 is 1.75 bits per heavy atom. The first kappa shape index (κ1) is 11.9. The highest BCUT2D eigenvalue weighted by atomic mass is 35.5. The van der Waals surface area contributed by atoms with Crippen molar-refractivity contribution in [2.45, 2.75) is 34.6 Å². The van der Waals surface area contributed by atoms with Gasteiger partial charge in [0.25, 0.3) is 0 Å². The van der Waals surface area contributed by atoms with E-state index in [1.807, 2.05) is 13.8 Å². The van der Waals surface area contributed by atoms with Crippen LogP contribution in [-0.4, -0.2) is 0 Å². The van der Waals surface area contributed by atoms with E-state index >= 15 is 0 Å². The molecule has 0 saturated carbocycles. The maximum absolute atomic E-state index is 5.77. The molecule has 0 amide bonds. The average Bonchev–Trinajstić information content (AvgIpc) is 1.84. The van der Waals surface area contributed by atoms with Gasteiger partial charge < -0.3 is 0 Å². The van der Waals surface area contributed by atoms with Gasteiger partial charge in [0.15, 0.2) is 0 Å². The number of thioether (sulfide) groups is 1. The molecule has 12 heavy (non-hydrogen) atoms. The van der Waals surface area contributed by atoms with Crippen LogP contribution in [0.1, 0.15) is 34.6 Å². The summed E-state index contributed by atoms with van der Waals surface area (Å²) >= 11 is 7.27. The zero-order valence-corrected chi connectivity index (χ0v) is 9.86. The first-order valence-corrected chi connectivity index (χ1v) is 5.04. The second-order valence-corrected chi connectivity index (χ2v) is 5.26. The zero-order chi connectivity index (χ0) is 9.78. The Balaban J connectivity index is 4.15. The molecule has 0 fully saturated rings. The lowest BCUT2D eigenvalue weighted by atomic mass is 9.99. The summed E-state index contributed by atoms with van der Waals surface area (Å²) < 4.78 is 0. The second kappa shape index (κ2) is 4.84. The van der Waals surface area contributed by atoms with Gasteiger partial charge in [0.2, 0.25) is 0 Å².